The molecule has 1 aliphatic heterocycles. The topological polar surface area (TPSA) is 49.3 Å². The van der Waals surface area contributed by atoms with Gasteiger partial charge in [0.05, 0.1) is 0 Å². The van der Waals surface area contributed by atoms with Crippen molar-refractivity contribution < 1.29 is 9.90 Å². The van der Waals surface area contributed by atoms with Crippen molar-refractivity contribution in [3.8, 4) is 11.1 Å². The number of carbonyl (C=O) groups is 1. The highest BCUT2D eigenvalue weighted by atomic mass is 16.4. The first-order valence-corrected chi connectivity index (χ1v) is 7.32. The Labute approximate surface area is 124 Å². The fraction of sp³-hybridized carbons (Fsp3) is 0.278. The van der Waals surface area contributed by atoms with Crippen molar-refractivity contribution in [3.63, 3.8) is 0 Å². The zero-order valence-electron chi connectivity index (χ0n) is 11.9. The molecule has 0 saturated carbocycles. The van der Waals surface area contributed by atoms with Gasteiger partial charge in [-0.05, 0) is 36.1 Å². The van der Waals surface area contributed by atoms with Crippen molar-refractivity contribution in [2.24, 2.45) is 0 Å². The average molecular weight is 281 g/mol. The minimum absolute atomic E-state index is 0.539. The zero-order valence-corrected chi connectivity index (χ0v) is 11.9. The monoisotopic (exact) mass is 281 g/mol. The summed E-state index contributed by atoms with van der Waals surface area (Å²) in [5.41, 5.74) is 2.61. The summed E-state index contributed by atoms with van der Waals surface area (Å²) < 4.78 is 0. The third kappa shape index (κ3) is 2.83. The predicted octanol–water partition coefficient (Wildman–Crippen LogP) is 3.10. The first-order valence-electron chi connectivity index (χ1n) is 7.32. The number of carboxylic acid groups (broad SMARTS) is 1. The van der Waals surface area contributed by atoms with Gasteiger partial charge in [-0.15, -0.1) is 0 Å². The highest BCUT2D eigenvalue weighted by Gasteiger charge is 2.40. The van der Waals surface area contributed by atoms with E-state index in [1.54, 1.807) is 0 Å². The molecule has 1 saturated heterocycles. The Morgan fingerprint density at radius 2 is 1.71 bits per heavy atom. The maximum absolute atomic E-state index is 11.6. The average Bonchev–Trinajstić information content (AvgIpc) is 2.99. The number of rotatable bonds is 4. The predicted molar refractivity (Wildman–Crippen MR) is 83.2 cm³/mol. The summed E-state index contributed by atoms with van der Waals surface area (Å²) in [5.74, 6) is -0.743. The molecule has 1 atom stereocenters. The quantitative estimate of drug-likeness (QED) is 0.905. The van der Waals surface area contributed by atoms with Crippen LogP contribution >= 0.6 is 0 Å². The largest absolute Gasteiger partial charge is 0.480 e. The highest BCUT2D eigenvalue weighted by molar-refractivity contribution is 5.79. The zero-order chi connectivity index (χ0) is 14.7. The van der Waals surface area contributed by atoms with E-state index in [4.69, 9.17) is 0 Å². The van der Waals surface area contributed by atoms with Gasteiger partial charge in [0, 0.05) is 6.42 Å². The number of hydrogen-bond donors (Lipinski definition) is 2. The molecule has 3 rings (SSSR count). The minimum atomic E-state index is -0.783. The summed E-state index contributed by atoms with van der Waals surface area (Å²) in [6.45, 7) is 0.786. The first-order chi connectivity index (χ1) is 10.2. The molecule has 0 aromatic heterocycles. The number of carboxylic acids is 1. The van der Waals surface area contributed by atoms with Crippen molar-refractivity contribution in [2.75, 3.05) is 6.54 Å². The molecule has 0 spiro atoms. The van der Waals surface area contributed by atoms with Gasteiger partial charge in [-0.2, -0.15) is 0 Å². The first kappa shape index (κ1) is 13.8. The molecule has 3 nitrogen and oxygen atoms in total. The van der Waals surface area contributed by atoms with Gasteiger partial charge in [-0.25, -0.2) is 0 Å². The van der Waals surface area contributed by atoms with E-state index in [0.29, 0.717) is 12.8 Å². The van der Waals surface area contributed by atoms with Crippen molar-refractivity contribution in [3.05, 3.63) is 60.2 Å². The van der Waals surface area contributed by atoms with Gasteiger partial charge in [-0.1, -0.05) is 54.6 Å². The van der Waals surface area contributed by atoms with Crippen molar-refractivity contribution >= 4 is 5.97 Å². The SMILES string of the molecule is O=C(O)C1(Cc2ccc(-c3ccccc3)cc2)CCCN1. The van der Waals surface area contributed by atoms with E-state index in [2.05, 4.69) is 29.6 Å². The molecule has 2 N–H and O–H groups in total. The summed E-state index contributed by atoms with van der Waals surface area (Å²) in [6, 6.07) is 18.4. The lowest BCUT2D eigenvalue weighted by molar-refractivity contribution is -0.144. The number of nitrogens with one attached hydrogen (secondary N) is 1. The Hall–Kier alpha value is -2.13. The molecule has 0 radical (unpaired) electrons. The Bertz CT molecular complexity index is 613. The molecule has 3 heteroatoms. The van der Waals surface area contributed by atoms with Crippen molar-refractivity contribution in [2.45, 2.75) is 24.8 Å². The molecule has 2 aromatic rings. The molecule has 2 aromatic carbocycles. The molecule has 0 bridgehead atoms. The second-order valence-electron chi connectivity index (χ2n) is 5.66. The third-order valence-electron chi connectivity index (χ3n) is 4.22. The van der Waals surface area contributed by atoms with E-state index in [0.717, 1.165) is 24.1 Å². The van der Waals surface area contributed by atoms with Crippen LogP contribution in [0.1, 0.15) is 18.4 Å². The maximum Gasteiger partial charge on any atom is 0.324 e. The summed E-state index contributed by atoms with van der Waals surface area (Å²) >= 11 is 0. The summed E-state index contributed by atoms with van der Waals surface area (Å²) in [5, 5.41) is 12.7. The molecule has 1 heterocycles. The van der Waals surface area contributed by atoms with Crippen LogP contribution in [-0.4, -0.2) is 23.2 Å². The molecule has 1 fully saturated rings. The highest BCUT2D eigenvalue weighted by Crippen LogP contribution is 2.26. The second-order valence-corrected chi connectivity index (χ2v) is 5.66. The van der Waals surface area contributed by atoms with Crippen LogP contribution < -0.4 is 5.32 Å². The van der Waals surface area contributed by atoms with E-state index in [9.17, 15) is 9.90 Å². The minimum Gasteiger partial charge on any atom is -0.480 e. The van der Waals surface area contributed by atoms with Crippen LogP contribution in [0, 0.1) is 0 Å². The molecule has 21 heavy (non-hydrogen) atoms. The van der Waals surface area contributed by atoms with Crippen LogP contribution in [0.5, 0.6) is 0 Å². The standard InChI is InChI=1S/C18H19NO2/c20-17(21)18(11-4-12-19-18)13-14-7-9-16(10-8-14)15-5-2-1-3-6-15/h1-3,5-10,19H,4,11-13H2,(H,20,21). The van der Waals surface area contributed by atoms with Gasteiger partial charge in [0.25, 0.3) is 0 Å². The fourth-order valence-corrected chi connectivity index (χ4v) is 3.01. The molecular formula is C18H19NO2. The van der Waals surface area contributed by atoms with E-state index < -0.39 is 11.5 Å². The van der Waals surface area contributed by atoms with Crippen molar-refractivity contribution in [1.29, 1.82) is 0 Å². The summed E-state index contributed by atoms with van der Waals surface area (Å²) in [4.78, 5) is 11.6. The van der Waals surface area contributed by atoms with Crippen molar-refractivity contribution in [1.82, 2.24) is 5.32 Å². The summed E-state index contributed by atoms with van der Waals surface area (Å²) in [6.07, 6.45) is 2.16. The van der Waals surface area contributed by atoms with Gasteiger partial charge in [-0.3, -0.25) is 4.79 Å². The fourth-order valence-electron chi connectivity index (χ4n) is 3.01. The number of hydrogen-bond acceptors (Lipinski definition) is 2. The van der Waals surface area contributed by atoms with E-state index in [1.807, 2.05) is 30.3 Å². The lowest BCUT2D eigenvalue weighted by Gasteiger charge is -2.24. The van der Waals surface area contributed by atoms with E-state index in [1.165, 1.54) is 5.56 Å². The van der Waals surface area contributed by atoms with Crippen LogP contribution in [0.15, 0.2) is 54.6 Å². The lowest BCUT2D eigenvalue weighted by Crippen LogP contribution is -2.49. The maximum atomic E-state index is 11.6. The normalized spacial score (nSPS) is 21.3. The van der Waals surface area contributed by atoms with Crippen LogP contribution in [-0.2, 0) is 11.2 Å². The molecule has 0 amide bonds. The molecule has 1 unspecified atom stereocenters. The Morgan fingerprint density at radius 1 is 1.05 bits per heavy atom. The Morgan fingerprint density at radius 3 is 2.29 bits per heavy atom. The van der Waals surface area contributed by atoms with Crippen LogP contribution in [0.25, 0.3) is 11.1 Å². The Kier molecular flexibility index (Phi) is 3.76. The van der Waals surface area contributed by atoms with E-state index >= 15 is 0 Å². The van der Waals surface area contributed by atoms with Crippen LogP contribution in [0.4, 0.5) is 0 Å². The molecule has 108 valence electrons. The van der Waals surface area contributed by atoms with Gasteiger partial charge in [0.1, 0.15) is 5.54 Å². The number of benzene rings is 2. The smallest absolute Gasteiger partial charge is 0.324 e. The van der Waals surface area contributed by atoms with Crippen LogP contribution in [0.3, 0.4) is 0 Å². The van der Waals surface area contributed by atoms with E-state index in [-0.39, 0.29) is 0 Å². The number of aliphatic carboxylic acids is 1. The second kappa shape index (κ2) is 5.70. The van der Waals surface area contributed by atoms with Gasteiger partial charge < -0.3 is 10.4 Å². The van der Waals surface area contributed by atoms with Crippen LogP contribution in [0.2, 0.25) is 0 Å². The molecular weight excluding hydrogens is 262 g/mol. The molecule has 1 aliphatic rings. The van der Waals surface area contributed by atoms with Gasteiger partial charge in [0.2, 0.25) is 0 Å². The third-order valence-corrected chi connectivity index (χ3v) is 4.22. The van der Waals surface area contributed by atoms with Gasteiger partial charge >= 0.3 is 5.97 Å². The lowest BCUT2D eigenvalue weighted by atomic mass is 9.89. The Balaban J connectivity index is 1.80. The van der Waals surface area contributed by atoms with Gasteiger partial charge in [0.15, 0.2) is 0 Å². The molecule has 0 aliphatic carbocycles. The summed E-state index contributed by atoms with van der Waals surface area (Å²) in [7, 11) is 0.